The number of rotatable bonds is 8. The predicted molar refractivity (Wildman–Crippen MR) is 80.4 cm³/mol. The zero-order valence-electron chi connectivity index (χ0n) is 12.9. The summed E-state index contributed by atoms with van der Waals surface area (Å²) >= 11 is 0. The van der Waals surface area contributed by atoms with Crippen LogP contribution in [0.2, 0.25) is 0 Å². The van der Waals surface area contributed by atoms with E-state index >= 15 is 0 Å². The molecule has 0 amide bonds. The normalized spacial score (nSPS) is 11.3. The number of nitrogens with one attached hydrogen (secondary N) is 1. The molecule has 5 nitrogen and oxygen atoms in total. The van der Waals surface area contributed by atoms with Gasteiger partial charge in [-0.1, -0.05) is 6.92 Å². The minimum atomic E-state index is 0.820. The molecule has 0 bridgehead atoms. The van der Waals surface area contributed by atoms with Gasteiger partial charge < -0.3 is 10.2 Å². The van der Waals surface area contributed by atoms with Gasteiger partial charge in [-0.15, -0.1) is 0 Å². The van der Waals surface area contributed by atoms with E-state index < -0.39 is 0 Å². The van der Waals surface area contributed by atoms with E-state index in [1.807, 2.05) is 20.0 Å². The van der Waals surface area contributed by atoms with Crippen molar-refractivity contribution in [1.29, 1.82) is 0 Å². The summed E-state index contributed by atoms with van der Waals surface area (Å²) in [6.07, 6.45) is 1.17. The Kier molecular flexibility index (Phi) is 6.73. The standard InChI is InChI=1S/C14H27N5/c1-6-19(9-7-8-18(4)5)11-14-16-12(2)10-13(15-3)17-14/h10H,6-9,11H2,1-5H3,(H,15,16,17). The van der Waals surface area contributed by atoms with E-state index in [2.05, 4.69) is 46.1 Å². The van der Waals surface area contributed by atoms with Gasteiger partial charge in [0.1, 0.15) is 11.6 Å². The fraction of sp³-hybridized carbons (Fsp3) is 0.714. The minimum Gasteiger partial charge on any atom is -0.373 e. The van der Waals surface area contributed by atoms with Gasteiger partial charge in [0.05, 0.1) is 6.54 Å². The van der Waals surface area contributed by atoms with E-state index in [9.17, 15) is 0 Å². The molecule has 0 aliphatic heterocycles. The number of nitrogens with zero attached hydrogens (tertiary/aromatic N) is 4. The molecular formula is C14H27N5. The molecule has 1 aromatic heterocycles. The van der Waals surface area contributed by atoms with Crippen LogP contribution < -0.4 is 5.32 Å². The highest BCUT2D eigenvalue weighted by molar-refractivity contribution is 5.34. The third-order valence-corrected chi connectivity index (χ3v) is 3.05. The molecule has 1 aromatic rings. The van der Waals surface area contributed by atoms with Crippen molar-refractivity contribution < 1.29 is 0 Å². The summed E-state index contributed by atoms with van der Waals surface area (Å²) in [4.78, 5) is 13.6. The molecular weight excluding hydrogens is 238 g/mol. The summed E-state index contributed by atoms with van der Waals surface area (Å²) in [6, 6.07) is 1.96. The lowest BCUT2D eigenvalue weighted by Gasteiger charge is -2.21. The monoisotopic (exact) mass is 265 g/mol. The van der Waals surface area contributed by atoms with Crippen LogP contribution in [0.25, 0.3) is 0 Å². The molecule has 0 spiro atoms. The molecule has 0 aliphatic carbocycles. The number of aryl methyl sites for hydroxylation is 1. The van der Waals surface area contributed by atoms with Gasteiger partial charge in [0.2, 0.25) is 0 Å². The molecule has 0 atom stereocenters. The number of hydrogen-bond donors (Lipinski definition) is 1. The topological polar surface area (TPSA) is 44.3 Å². The van der Waals surface area contributed by atoms with Crippen LogP contribution in [0, 0.1) is 6.92 Å². The van der Waals surface area contributed by atoms with Crippen molar-refractivity contribution in [3.8, 4) is 0 Å². The summed E-state index contributed by atoms with van der Waals surface area (Å²) in [7, 11) is 6.11. The van der Waals surface area contributed by atoms with E-state index in [4.69, 9.17) is 0 Å². The van der Waals surface area contributed by atoms with Gasteiger partial charge in [0.25, 0.3) is 0 Å². The Morgan fingerprint density at radius 3 is 2.53 bits per heavy atom. The third kappa shape index (κ3) is 5.98. The van der Waals surface area contributed by atoms with Gasteiger partial charge in [-0.05, 0) is 47.1 Å². The van der Waals surface area contributed by atoms with Crippen LogP contribution >= 0.6 is 0 Å². The molecule has 5 heteroatoms. The van der Waals surface area contributed by atoms with Gasteiger partial charge >= 0.3 is 0 Å². The van der Waals surface area contributed by atoms with Gasteiger partial charge in [-0.25, -0.2) is 9.97 Å². The molecule has 1 rings (SSSR count). The molecule has 0 saturated heterocycles. The lowest BCUT2D eigenvalue weighted by atomic mass is 10.3. The van der Waals surface area contributed by atoms with Gasteiger partial charge in [-0.2, -0.15) is 0 Å². The van der Waals surface area contributed by atoms with Gasteiger partial charge in [0, 0.05) is 18.8 Å². The Hall–Kier alpha value is -1.20. The van der Waals surface area contributed by atoms with Gasteiger partial charge in [-0.3, -0.25) is 4.90 Å². The first-order valence-corrected chi connectivity index (χ1v) is 6.94. The van der Waals surface area contributed by atoms with E-state index in [1.54, 1.807) is 0 Å². The highest BCUT2D eigenvalue weighted by atomic mass is 15.2. The van der Waals surface area contributed by atoms with Gasteiger partial charge in [0.15, 0.2) is 0 Å². The molecule has 1 N–H and O–H groups in total. The van der Waals surface area contributed by atoms with Crippen LogP contribution in [-0.2, 0) is 6.54 Å². The zero-order chi connectivity index (χ0) is 14.3. The molecule has 108 valence electrons. The number of hydrogen-bond acceptors (Lipinski definition) is 5. The Labute approximate surface area is 117 Å². The summed E-state index contributed by atoms with van der Waals surface area (Å²) in [5.74, 6) is 1.79. The molecule has 0 saturated carbocycles. The summed E-state index contributed by atoms with van der Waals surface area (Å²) in [5, 5.41) is 3.08. The fourth-order valence-electron chi connectivity index (χ4n) is 1.99. The Morgan fingerprint density at radius 1 is 1.21 bits per heavy atom. The molecule has 19 heavy (non-hydrogen) atoms. The highest BCUT2D eigenvalue weighted by Crippen LogP contribution is 2.07. The van der Waals surface area contributed by atoms with Crippen molar-refractivity contribution in [1.82, 2.24) is 19.8 Å². The lowest BCUT2D eigenvalue weighted by Crippen LogP contribution is -2.27. The van der Waals surface area contributed by atoms with Crippen LogP contribution in [0.4, 0.5) is 5.82 Å². The van der Waals surface area contributed by atoms with E-state index in [0.29, 0.717) is 0 Å². The summed E-state index contributed by atoms with van der Waals surface area (Å²) in [6.45, 7) is 8.24. The minimum absolute atomic E-state index is 0.820. The molecule has 1 heterocycles. The lowest BCUT2D eigenvalue weighted by molar-refractivity contribution is 0.253. The van der Waals surface area contributed by atoms with Crippen LogP contribution in [-0.4, -0.2) is 60.5 Å². The smallest absolute Gasteiger partial charge is 0.144 e. The van der Waals surface area contributed by atoms with E-state index in [0.717, 1.165) is 43.5 Å². The quantitative estimate of drug-likeness (QED) is 0.773. The maximum absolute atomic E-state index is 4.51. The van der Waals surface area contributed by atoms with Crippen molar-refractivity contribution in [2.45, 2.75) is 26.8 Å². The van der Waals surface area contributed by atoms with Crippen molar-refractivity contribution in [2.24, 2.45) is 0 Å². The maximum atomic E-state index is 4.51. The maximum Gasteiger partial charge on any atom is 0.144 e. The Bertz CT molecular complexity index is 378. The predicted octanol–water partition coefficient (Wildman–Crippen LogP) is 1.60. The van der Waals surface area contributed by atoms with Crippen molar-refractivity contribution >= 4 is 5.82 Å². The fourth-order valence-corrected chi connectivity index (χ4v) is 1.99. The molecule has 0 aromatic carbocycles. The van der Waals surface area contributed by atoms with Crippen molar-refractivity contribution in [3.63, 3.8) is 0 Å². The van der Waals surface area contributed by atoms with Crippen molar-refractivity contribution in [3.05, 3.63) is 17.6 Å². The molecule has 0 unspecified atom stereocenters. The summed E-state index contributed by atoms with van der Waals surface area (Å²) in [5.41, 5.74) is 1.01. The number of anilines is 1. The van der Waals surface area contributed by atoms with E-state index in [-0.39, 0.29) is 0 Å². The average molecular weight is 265 g/mol. The SMILES string of the molecule is CCN(CCCN(C)C)Cc1nc(C)cc(NC)n1. The average Bonchev–Trinajstić information content (AvgIpc) is 2.36. The second kappa shape index (κ2) is 8.07. The largest absolute Gasteiger partial charge is 0.373 e. The first kappa shape index (κ1) is 15.9. The molecule has 0 radical (unpaired) electrons. The zero-order valence-corrected chi connectivity index (χ0v) is 12.9. The van der Waals surface area contributed by atoms with Crippen LogP contribution in [0.5, 0.6) is 0 Å². The Balaban J connectivity index is 2.57. The number of aromatic nitrogens is 2. The van der Waals surface area contributed by atoms with Crippen LogP contribution in [0.3, 0.4) is 0 Å². The first-order chi connectivity index (χ1) is 9.05. The Morgan fingerprint density at radius 2 is 1.95 bits per heavy atom. The highest BCUT2D eigenvalue weighted by Gasteiger charge is 2.07. The second-order valence-corrected chi connectivity index (χ2v) is 5.09. The van der Waals surface area contributed by atoms with Crippen LogP contribution in [0.1, 0.15) is 24.9 Å². The first-order valence-electron chi connectivity index (χ1n) is 6.94. The van der Waals surface area contributed by atoms with Crippen LogP contribution in [0.15, 0.2) is 6.07 Å². The van der Waals surface area contributed by atoms with Crippen molar-refractivity contribution in [2.75, 3.05) is 46.1 Å². The summed E-state index contributed by atoms with van der Waals surface area (Å²) < 4.78 is 0. The molecule has 0 fully saturated rings. The third-order valence-electron chi connectivity index (χ3n) is 3.05. The van der Waals surface area contributed by atoms with E-state index in [1.165, 1.54) is 6.42 Å². The second-order valence-electron chi connectivity index (χ2n) is 5.09. The molecule has 0 aliphatic rings.